The van der Waals surface area contributed by atoms with E-state index in [9.17, 15) is 14.0 Å². The van der Waals surface area contributed by atoms with Gasteiger partial charge in [-0.25, -0.2) is 9.18 Å². The maximum atomic E-state index is 13.3. The first-order valence-electron chi connectivity index (χ1n) is 9.72. The fourth-order valence-electron chi connectivity index (χ4n) is 3.45. The zero-order valence-corrected chi connectivity index (χ0v) is 16.2. The highest BCUT2D eigenvalue weighted by Crippen LogP contribution is 2.25. The third-order valence-corrected chi connectivity index (χ3v) is 5.23. The number of fused-ring (bicyclic) bond motifs is 1. The van der Waals surface area contributed by atoms with Crippen LogP contribution in [0.15, 0.2) is 42.5 Å². The number of nitrogens with one attached hydrogen (secondary N) is 3. The minimum absolute atomic E-state index is 0.0623. The molecule has 2 aromatic rings. The van der Waals surface area contributed by atoms with E-state index in [0.29, 0.717) is 5.69 Å². The van der Waals surface area contributed by atoms with Crippen LogP contribution in [0.5, 0.6) is 0 Å². The monoisotopic (exact) mass is 383 g/mol. The average molecular weight is 383 g/mol. The number of urea groups is 1. The smallest absolute Gasteiger partial charge is 0.319 e. The Balaban J connectivity index is 1.67. The molecule has 2 atom stereocenters. The number of anilines is 2. The van der Waals surface area contributed by atoms with E-state index in [0.717, 1.165) is 31.4 Å². The maximum Gasteiger partial charge on any atom is 0.319 e. The van der Waals surface area contributed by atoms with Gasteiger partial charge in [-0.1, -0.05) is 32.4 Å². The summed E-state index contributed by atoms with van der Waals surface area (Å²) >= 11 is 0. The SMILES string of the molecule is CCC(C)C(NC(=O)Nc1cccc(F)c1)C(=O)Nc1ccc2c(c1)CCC2. The van der Waals surface area contributed by atoms with Gasteiger partial charge in [-0.2, -0.15) is 0 Å². The molecule has 0 heterocycles. The summed E-state index contributed by atoms with van der Waals surface area (Å²) in [6.45, 7) is 3.88. The lowest BCUT2D eigenvalue weighted by Gasteiger charge is -2.24. The van der Waals surface area contributed by atoms with Crippen LogP contribution in [0.1, 0.15) is 37.8 Å². The predicted molar refractivity (Wildman–Crippen MR) is 109 cm³/mol. The van der Waals surface area contributed by atoms with Crippen LogP contribution in [0, 0.1) is 11.7 Å². The van der Waals surface area contributed by atoms with Crippen molar-refractivity contribution in [3.8, 4) is 0 Å². The number of hydrogen-bond acceptors (Lipinski definition) is 2. The van der Waals surface area contributed by atoms with Gasteiger partial charge in [0.25, 0.3) is 0 Å². The lowest BCUT2D eigenvalue weighted by molar-refractivity contribution is -0.119. The fourth-order valence-corrected chi connectivity index (χ4v) is 3.45. The molecule has 0 radical (unpaired) electrons. The van der Waals surface area contributed by atoms with Crippen LogP contribution in [0.4, 0.5) is 20.6 Å². The predicted octanol–water partition coefficient (Wildman–Crippen LogP) is 4.49. The molecule has 0 bridgehead atoms. The molecule has 1 aliphatic rings. The number of rotatable bonds is 6. The Morgan fingerprint density at radius 2 is 1.79 bits per heavy atom. The van der Waals surface area contributed by atoms with Crippen molar-refractivity contribution >= 4 is 23.3 Å². The van der Waals surface area contributed by atoms with E-state index in [1.54, 1.807) is 6.07 Å². The standard InChI is InChI=1S/C22H26FN3O2/c1-3-14(2)20(26-22(28)25-18-9-5-8-17(23)13-18)21(27)24-19-11-10-15-6-4-7-16(15)12-19/h5,8-14,20H,3-4,6-7H2,1-2H3,(H,24,27)(H2,25,26,28). The average Bonchev–Trinajstić information content (AvgIpc) is 3.13. The van der Waals surface area contributed by atoms with Gasteiger partial charge in [-0.05, 0) is 66.6 Å². The fraction of sp³-hybridized carbons (Fsp3) is 0.364. The molecule has 148 valence electrons. The summed E-state index contributed by atoms with van der Waals surface area (Å²) in [6, 6.07) is 10.4. The van der Waals surface area contributed by atoms with Gasteiger partial charge in [0, 0.05) is 11.4 Å². The Hall–Kier alpha value is -2.89. The highest BCUT2D eigenvalue weighted by Gasteiger charge is 2.26. The van der Waals surface area contributed by atoms with Gasteiger partial charge in [0.2, 0.25) is 5.91 Å². The maximum absolute atomic E-state index is 13.3. The number of halogens is 1. The molecule has 0 spiro atoms. The molecule has 0 fully saturated rings. The quantitative estimate of drug-likeness (QED) is 0.688. The van der Waals surface area contributed by atoms with E-state index >= 15 is 0 Å². The molecule has 0 aliphatic heterocycles. The van der Waals surface area contributed by atoms with E-state index in [-0.39, 0.29) is 11.8 Å². The molecule has 2 unspecified atom stereocenters. The lowest BCUT2D eigenvalue weighted by atomic mass is 9.98. The van der Waals surface area contributed by atoms with Gasteiger partial charge in [0.05, 0.1) is 0 Å². The molecule has 5 nitrogen and oxygen atoms in total. The van der Waals surface area contributed by atoms with Crippen LogP contribution >= 0.6 is 0 Å². The van der Waals surface area contributed by atoms with Crippen molar-refractivity contribution in [1.29, 1.82) is 0 Å². The van der Waals surface area contributed by atoms with Crippen LogP contribution in [0.2, 0.25) is 0 Å². The van der Waals surface area contributed by atoms with Crippen LogP contribution in [0.25, 0.3) is 0 Å². The Morgan fingerprint density at radius 1 is 1.04 bits per heavy atom. The Labute approximate surface area is 164 Å². The second-order valence-electron chi connectivity index (χ2n) is 7.30. The third-order valence-electron chi connectivity index (χ3n) is 5.23. The Kier molecular flexibility index (Phi) is 6.29. The summed E-state index contributed by atoms with van der Waals surface area (Å²) in [6.07, 6.45) is 3.98. The molecule has 0 saturated carbocycles. The van der Waals surface area contributed by atoms with Gasteiger partial charge in [-0.3, -0.25) is 4.79 Å². The van der Waals surface area contributed by atoms with Crippen LogP contribution in [-0.4, -0.2) is 18.0 Å². The van der Waals surface area contributed by atoms with Crippen molar-refractivity contribution in [2.75, 3.05) is 10.6 Å². The first-order chi connectivity index (χ1) is 13.5. The van der Waals surface area contributed by atoms with E-state index < -0.39 is 17.9 Å². The van der Waals surface area contributed by atoms with Crippen molar-refractivity contribution in [2.24, 2.45) is 5.92 Å². The summed E-state index contributed by atoms with van der Waals surface area (Å²) < 4.78 is 13.3. The number of aryl methyl sites for hydroxylation is 2. The van der Waals surface area contributed by atoms with E-state index in [2.05, 4.69) is 22.0 Å². The molecule has 28 heavy (non-hydrogen) atoms. The topological polar surface area (TPSA) is 70.2 Å². The van der Waals surface area contributed by atoms with E-state index in [4.69, 9.17) is 0 Å². The summed E-state index contributed by atoms with van der Waals surface area (Å²) in [5, 5.41) is 8.22. The Bertz CT molecular complexity index is 869. The minimum Gasteiger partial charge on any atom is -0.326 e. The van der Waals surface area contributed by atoms with Crippen LogP contribution in [0.3, 0.4) is 0 Å². The summed E-state index contributed by atoms with van der Waals surface area (Å²) in [7, 11) is 0. The molecular formula is C22H26FN3O2. The van der Waals surface area contributed by atoms with Crippen molar-refractivity contribution in [3.63, 3.8) is 0 Å². The summed E-state index contributed by atoms with van der Waals surface area (Å²) in [4.78, 5) is 25.2. The molecule has 3 rings (SSSR count). The van der Waals surface area contributed by atoms with Crippen molar-refractivity contribution in [2.45, 2.75) is 45.6 Å². The number of benzene rings is 2. The lowest BCUT2D eigenvalue weighted by Crippen LogP contribution is -2.49. The first-order valence-corrected chi connectivity index (χ1v) is 9.72. The van der Waals surface area contributed by atoms with Crippen LogP contribution < -0.4 is 16.0 Å². The molecule has 2 aromatic carbocycles. The zero-order valence-electron chi connectivity index (χ0n) is 16.2. The molecule has 6 heteroatoms. The number of hydrogen-bond donors (Lipinski definition) is 3. The molecule has 0 saturated heterocycles. The number of carbonyl (C=O) groups excluding carboxylic acids is 2. The first kappa shape index (κ1) is 19.9. The second kappa shape index (κ2) is 8.87. The molecule has 3 amide bonds. The van der Waals surface area contributed by atoms with Gasteiger partial charge < -0.3 is 16.0 Å². The van der Waals surface area contributed by atoms with Gasteiger partial charge in [0.15, 0.2) is 0 Å². The van der Waals surface area contributed by atoms with Crippen molar-refractivity contribution < 1.29 is 14.0 Å². The van der Waals surface area contributed by atoms with E-state index in [1.807, 2.05) is 26.0 Å². The van der Waals surface area contributed by atoms with Gasteiger partial charge in [-0.15, -0.1) is 0 Å². The second-order valence-corrected chi connectivity index (χ2v) is 7.30. The summed E-state index contributed by atoms with van der Waals surface area (Å²) in [5.41, 5.74) is 3.68. The largest absolute Gasteiger partial charge is 0.326 e. The Morgan fingerprint density at radius 3 is 2.54 bits per heavy atom. The highest BCUT2D eigenvalue weighted by molar-refractivity contribution is 5.99. The normalized spacial score (nSPS) is 14.7. The van der Waals surface area contributed by atoms with Crippen molar-refractivity contribution in [3.05, 3.63) is 59.4 Å². The zero-order chi connectivity index (χ0) is 20.1. The summed E-state index contributed by atoms with van der Waals surface area (Å²) in [5.74, 6) is -0.764. The van der Waals surface area contributed by atoms with E-state index in [1.165, 1.54) is 29.3 Å². The van der Waals surface area contributed by atoms with Gasteiger partial charge in [0.1, 0.15) is 11.9 Å². The molecule has 0 aromatic heterocycles. The molecule has 1 aliphatic carbocycles. The van der Waals surface area contributed by atoms with Crippen molar-refractivity contribution in [1.82, 2.24) is 5.32 Å². The number of carbonyl (C=O) groups is 2. The van der Waals surface area contributed by atoms with Crippen LogP contribution in [-0.2, 0) is 17.6 Å². The number of amides is 3. The van der Waals surface area contributed by atoms with Gasteiger partial charge >= 0.3 is 6.03 Å². The molecule has 3 N–H and O–H groups in total. The molecular weight excluding hydrogens is 357 g/mol. The minimum atomic E-state index is -0.702. The third kappa shape index (κ3) is 4.88. The highest BCUT2D eigenvalue weighted by atomic mass is 19.1.